The van der Waals surface area contributed by atoms with Gasteiger partial charge in [-0.15, -0.1) is 0 Å². The van der Waals surface area contributed by atoms with Gasteiger partial charge in [-0.05, 0) is 106 Å². The summed E-state index contributed by atoms with van der Waals surface area (Å²) in [5, 5.41) is 23.8. The average Bonchev–Trinajstić information content (AvgIpc) is 3.73. The number of phenolic OH excluding ortho intramolecular Hbond substituents is 1. The van der Waals surface area contributed by atoms with E-state index in [1.54, 1.807) is 12.1 Å². The van der Waals surface area contributed by atoms with Crippen LogP contribution >= 0.6 is 0 Å². The number of phenols is 1. The van der Waals surface area contributed by atoms with Gasteiger partial charge in [-0.25, -0.2) is 0 Å². The Labute approximate surface area is 283 Å². The summed E-state index contributed by atoms with van der Waals surface area (Å²) in [6, 6.07) is 6.69. The topological polar surface area (TPSA) is 175 Å². The van der Waals surface area contributed by atoms with Gasteiger partial charge in [0.1, 0.15) is 0 Å². The summed E-state index contributed by atoms with van der Waals surface area (Å²) in [4.78, 5) is 26.6. The number of hydrogen-bond acceptors (Lipinski definition) is 12. The van der Waals surface area contributed by atoms with Crippen molar-refractivity contribution in [3.63, 3.8) is 0 Å². The van der Waals surface area contributed by atoms with Gasteiger partial charge in [0.2, 0.25) is 18.4 Å². The summed E-state index contributed by atoms with van der Waals surface area (Å²) in [7, 11) is 2.92. The Kier molecular flexibility index (Phi) is 14.4. The van der Waals surface area contributed by atoms with Gasteiger partial charge in [-0.2, -0.15) is 0 Å². The molecule has 2 aromatic carbocycles. The Balaban J connectivity index is 0.00000255. The van der Waals surface area contributed by atoms with Crippen molar-refractivity contribution < 1.29 is 38.4 Å². The maximum Gasteiger partial charge on any atom is 0.310 e. The van der Waals surface area contributed by atoms with Gasteiger partial charge < -0.3 is 55.8 Å². The molecular formula is C35H53N5O8. The molecule has 0 bridgehead atoms. The molecule has 4 atom stereocenters. The van der Waals surface area contributed by atoms with E-state index in [1.165, 1.54) is 14.2 Å². The SMILES string of the molecule is CC.COc1cc([C@@H]2c3cc4c(cc3C(NC(=O)CNCCCNCCCCNCCCN)C3COC(=O)[C@@H]32)OCO4)cc(OC)c1O. The Hall–Kier alpha value is -3.78. The molecule has 3 aliphatic rings. The standard InChI is InChI=1S/C33H47N5O8.C2H6/c1-42-26-13-20(14-27(43-2)32(26)40)29-21-15-24-25(46-19-45-24)16-22(21)31(23-18-44-33(41)30(23)29)38-28(39)17-37-12-6-11-36-9-4-3-8-35-10-5-7-34;1-2/h13-16,23,29-31,35-37,40H,3-12,17-19,34H2,1-2H3,(H,38,39);1-2H3/t23?,29-,30+,31?;/m1./s1. The number of benzene rings is 2. The van der Waals surface area contributed by atoms with E-state index in [-0.39, 0.29) is 55.0 Å². The van der Waals surface area contributed by atoms with Crippen LogP contribution in [0.2, 0.25) is 0 Å². The fraction of sp³-hybridized carbons (Fsp3) is 0.600. The van der Waals surface area contributed by atoms with Crippen molar-refractivity contribution in [2.75, 3.05) is 73.4 Å². The van der Waals surface area contributed by atoms with Gasteiger partial charge in [0.05, 0.1) is 39.3 Å². The highest BCUT2D eigenvalue weighted by atomic mass is 16.7. The molecule has 2 heterocycles. The first kappa shape index (κ1) is 37.0. The lowest BCUT2D eigenvalue weighted by molar-refractivity contribution is -0.141. The molecule has 7 N–H and O–H groups in total. The molecule has 2 unspecified atom stereocenters. The van der Waals surface area contributed by atoms with E-state index in [2.05, 4.69) is 21.3 Å². The second-order valence-electron chi connectivity index (χ2n) is 11.8. The molecule has 2 aliphatic heterocycles. The Morgan fingerprint density at radius 1 is 0.854 bits per heavy atom. The first-order valence-corrected chi connectivity index (χ1v) is 17.1. The number of carbonyl (C=O) groups excluding carboxylic acids is 2. The molecule has 0 aromatic heterocycles. The summed E-state index contributed by atoms with van der Waals surface area (Å²) < 4.78 is 27.9. The highest BCUT2D eigenvalue weighted by Crippen LogP contribution is 2.55. The number of nitrogens with one attached hydrogen (secondary N) is 4. The van der Waals surface area contributed by atoms with E-state index in [9.17, 15) is 14.7 Å². The maximum absolute atomic E-state index is 13.3. The highest BCUT2D eigenvalue weighted by molar-refractivity contribution is 5.81. The predicted octanol–water partition coefficient (Wildman–Crippen LogP) is 2.54. The molecular weight excluding hydrogens is 618 g/mol. The Morgan fingerprint density at radius 2 is 1.44 bits per heavy atom. The second kappa shape index (κ2) is 18.7. The number of esters is 1. The van der Waals surface area contributed by atoms with E-state index in [0.717, 1.165) is 69.5 Å². The number of ether oxygens (including phenoxy) is 5. The largest absolute Gasteiger partial charge is 0.502 e. The van der Waals surface area contributed by atoms with Gasteiger partial charge in [-0.1, -0.05) is 13.8 Å². The van der Waals surface area contributed by atoms with Gasteiger partial charge in [0.25, 0.3) is 0 Å². The fourth-order valence-corrected chi connectivity index (χ4v) is 6.58. The minimum Gasteiger partial charge on any atom is -0.502 e. The molecule has 0 radical (unpaired) electrons. The van der Waals surface area contributed by atoms with Crippen LogP contribution in [0.1, 0.15) is 68.2 Å². The minimum atomic E-state index is -0.599. The lowest BCUT2D eigenvalue weighted by Gasteiger charge is -2.39. The Morgan fingerprint density at radius 3 is 2.06 bits per heavy atom. The number of nitrogens with two attached hydrogens (primary N) is 1. The molecule has 5 rings (SSSR count). The van der Waals surface area contributed by atoms with Crippen LogP contribution in [-0.2, 0) is 14.3 Å². The third-order valence-electron chi connectivity index (χ3n) is 8.87. The second-order valence-corrected chi connectivity index (χ2v) is 11.8. The molecule has 1 fully saturated rings. The zero-order chi connectivity index (χ0) is 34.5. The monoisotopic (exact) mass is 671 g/mol. The van der Waals surface area contributed by atoms with Crippen molar-refractivity contribution in [3.05, 3.63) is 41.0 Å². The van der Waals surface area contributed by atoms with Crippen molar-refractivity contribution >= 4 is 11.9 Å². The fourth-order valence-electron chi connectivity index (χ4n) is 6.58. The number of amides is 1. The molecule has 1 aliphatic carbocycles. The van der Waals surface area contributed by atoms with Gasteiger partial charge in [0, 0.05) is 11.8 Å². The van der Waals surface area contributed by atoms with Crippen LogP contribution < -0.4 is 45.9 Å². The molecule has 48 heavy (non-hydrogen) atoms. The van der Waals surface area contributed by atoms with Crippen LogP contribution in [0.25, 0.3) is 0 Å². The van der Waals surface area contributed by atoms with Crippen LogP contribution in [0.5, 0.6) is 28.7 Å². The van der Waals surface area contributed by atoms with Crippen LogP contribution in [0, 0.1) is 11.8 Å². The smallest absolute Gasteiger partial charge is 0.310 e. The van der Waals surface area contributed by atoms with E-state index < -0.39 is 17.9 Å². The Bertz CT molecular complexity index is 1330. The molecule has 1 amide bonds. The minimum absolute atomic E-state index is 0.0842. The quantitative estimate of drug-likeness (QED) is 0.101. The van der Waals surface area contributed by atoms with E-state index in [4.69, 9.17) is 29.4 Å². The molecule has 0 saturated carbocycles. The number of cyclic esters (lactones) is 1. The molecule has 2 aromatic rings. The van der Waals surface area contributed by atoms with Crippen molar-refractivity contribution in [1.82, 2.24) is 21.3 Å². The lowest BCUT2D eigenvalue weighted by Crippen LogP contribution is -2.45. The summed E-state index contributed by atoms with van der Waals surface area (Å²) in [5.74, 6) is -0.468. The molecule has 0 spiro atoms. The normalized spacial score (nSPS) is 20.2. The number of carbonyl (C=O) groups is 2. The van der Waals surface area contributed by atoms with Crippen LogP contribution in [0.3, 0.4) is 0 Å². The van der Waals surface area contributed by atoms with E-state index >= 15 is 0 Å². The van der Waals surface area contributed by atoms with Crippen molar-refractivity contribution in [1.29, 1.82) is 0 Å². The zero-order valence-electron chi connectivity index (χ0n) is 28.7. The third kappa shape index (κ3) is 8.81. The number of rotatable bonds is 18. The number of unbranched alkanes of at least 4 members (excludes halogenated alkanes) is 1. The first-order chi connectivity index (χ1) is 23.5. The summed E-state index contributed by atoms with van der Waals surface area (Å²) >= 11 is 0. The van der Waals surface area contributed by atoms with Crippen molar-refractivity contribution in [2.45, 2.75) is 51.5 Å². The predicted molar refractivity (Wildman–Crippen MR) is 182 cm³/mol. The summed E-state index contributed by atoms with van der Waals surface area (Å²) in [6.07, 6.45) is 4.13. The van der Waals surface area contributed by atoms with Crippen LogP contribution in [-0.4, -0.2) is 90.4 Å². The van der Waals surface area contributed by atoms with Gasteiger partial charge in [0.15, 0.2) is 23.0 Å². The number of aromatic hydroxyl groups is 1. The first-order valence-electron chi connectivity index (χ1n) is 17.1. The van der Waals surface area contributed by atoms with E-state index in [0.29, 0.717) is 23.6 Å². The molecule has 13 nitrogen and oxygen atoms in total. The number of hydrogen-bond donors (Lipinski definition) is 6. The molecule has 1 saturated heterocycles. The maximum atomic E-state index is 13.3. The van der Waals surface area contributed by atoms with E-state index in [1.807, 2.05) is 26.0 Å². The zero-order valence-corrected chi connectivity index (χ0v) is 28.7. The summed E-state index contributed by atoms with van der Waals surface area (Å²) in [5.41, 5.74) is 7.84. The summed E-state index contributed by atoms with van der Waals surface area (Å²) in [6.45, 7) is 9.62. The highest BCUT2D eigenvalue weighted by Gasteiger charge is 2.53. The average molecular weight is 672 g/mol. The molecule has 13 heteroatoms. The third-order valence-corrected chi connectivity index (χ3v) is 8.87. The lowest BCUT2D eigenvalue weighted by atomic mass is 9.65. The van der Waals surface area contributed by atoms with Gasteiger partial charge >= 0.3 is 5.97 Å². The van der Waals surface area contributed by atoms with Gasteiger partial charge in [-0.3, -0.25) is 9.59 Å². The number of methoxy groups -OCH3 is 2. The van der Waals surface area contributed by atoms with Crippen LogP contribution in [0.4, 0.5) is 0 Å². The number of fused-ring (bicyclic) bond motifs is 3. The van der Waals surface area contributed by atoms with Crippen LogP contribution in [0.15, 0.2) is 24.3 Å². The van der Waals surface area contributed by atoms with Crippen molar-refractivity contribution in [3.8, 4) is 28.7 Å². The molecule has 266 valence electrons. The van der Waals surface area contributed by atoms with Crippen molar-refractivity contribution in [2.24, 2.45) is 17.6 Å².